The highest BCUT2D eigenvalue weighted by Gasteiger charge is 2.21. The number of benzene rings is 3. The average Bonchev–Trinajstić information content (AvgIpc) is 2.75. The fourth-order valence-electron chi connectivity index (χ4n) is 3.68. The Morgan fingerprint density at radius 2 is 1.14 bits per heavy atom. The van der Waals surface area contributed by atoms with Crippen molar-refractivity contribution in [3.05, 3.63) is 83.9 Å². The molecule has 28 heavy (non-hydrogen) atoms. The van der Waals surface area contributed by atoms with E-state index in [1.165, 1.54) is 0 Å². The Labute approximate surface area is 165 Å². The number of hydrogen-bond donors (Lipinski definition) is 0. The molecule has 0 spiro atoms. The van der Waals surface area contributed by atoms with Gasteiger partial charge < -0.3 is 0 Å². The van der Waals surface area contributed by atoms with Crippen LogP contribution in [0.5, 0.6) is 0 Å². The van der Waals surface area contributed by atoms with E-state index in [1.54, 1.807) is 0 Å². The molecule has 1 heterocycles. The lowest BCUT2D eigenvalue weighted by molar-refractivity contribution is 0.0783. The molecule has 0 saturated carbocycles. The summed E-state index contributed by atoms with van der Waals surface area (Å²) in [7, 11) is 0. The molecular formula is C24H24N2O2. The zero-order valence-electron chi connectivity index (χ0n) is 15.9. The van der Waals surface area contributed by atoms with E-state index < -0.39 is 0 Å². The molecule has 0 N–H and O–H groups in total. The van der Waals surface area contributed by atoms with Gasteiger partial charge in [-0.25, -0.2) is 0 Å². The first-order valence-electron chi connectivity index (χ1n) is 9.74. The maximum atomic E-state index is 12.7. The Kier molecular flexibility index (Phi) is 5.60. The van der Waals surface area contributed by atoms with Crippen LogP contribution in [-0.4, -0.2) is 60.6 Å². The highest BCUT2D eigenvalue weighted by Crippen LogP contribution is 2.16. The Balaban J connectivity index is 1.30. The number of nitrogens with zero attached hydrogens (tertiary/aromatic N) is 2. The van der Waals surface area contributed by atoms with E-state index in [0.29, 0.717) is 13.1 Å². The summed E-state index contributed by atoms with van der Waals surface area (Å²) in [4.78, 5) is 29.4. The van der Waals surface area contributed by atoms with Crippen molar-refractivity contribution in [1.82, 2.24) is 9.80 Å². The van der Waals surface area contributed by atoms with Crippen molar-refractivity contribution in [3.8, 4) is 0 Å². The van der Waals surface area contributed by atoms with Gasteiger partial charge in [-0.05, 0) is 16.8 Å². The van der Waals surface area contributed by atoms with E-state index in [-0.39, 0.29) is 11.6 Å². The molecule has 3 aromatic rings. The summed E-state index contributed by atoms with van der Waals surface area (Å²) in [5.41, 5.74) is 1.52. The number of piperazine rings is 1. The van der Waals surface area contributed by atoms with Gasteiger partial charge in [0.25, 0.3) is 0 Å². The van der Waals surface area contributed by atoms with Crippen LogP contribution in [0.4, 0.5) is 0 Å². The van der Waals surface area contributed by atoms with Gasteiger partial charge in [-0.3, -0.25) is 19.4 Å². The molecule has 1 aliphatic heterocycles. The lowest BCUT2D eigenvalue weighted by Crippen LogP contribution is -2.49. The van der Waals surface area contributed by atoms with Gasteiger partial charge in [0.2, 0.25) is 0 Å². The summed E-state index contributed by atoms with van der Waals surface area (Å²) in [6.07, 6.45) is 0. The quantitative estimate of drug-likeness (QED) is 0.621. The fourth-order valence-corrected chi connectivity index (χ4v) is 3.68. The van der Waals surface area contributed by atoms with E-state index in [4.69, 9.17) is 0 Å². The zero-order chi connectivity index (χ0) is 19.3. The minimum Gasteiger partial charge on any atom is -0.293 e. The average molecular weight is 372 g/mol. The molecule has 0 aromatic heterocycles. The van der Waals surface area contributed by atoms with Crippen LogP contribution in [0, 0.1) is 0 Å². The number of carbonyl (C=O) groups excluding carboxylic acids is 2. The van der Waals surface area contributed by atoms with Crippen LogP contribution < -0.4 is 0 Å². The predicted molar refractivity (Wildman–Crippen MR) is 112 cm³/mol. The largest absolute Gasteiger partial charge is 0.293 e. The third-order valence-electron chi connectivity index (χ3n) is 5.37. The topological polar surface area (TPSA) is 40.6 Å². The number of rotatable bonds is 6. The number of ketones is 2. The van der Waals surface area contributed by atoms with Crippen molar-refractivity contribution in [1.29, 1.82) is 0 Å². The molecule has 0 radical (unpaired) electrons. The van der Waals surface area contributed by atoms with Crippen LogP contribution in [0.1, 0.15) is 20.7 Å². The monoisotopic (exact) mass is 372 g/mol. The molecule has 0 unspecified atom stereocenters. The third kappa shape index (κ3) is 4.35. The SMILES string of the molecule is O=C(CN1CCN(CC(=O)c2ccc3ccccc3c2)CC1)c1ccccc1. The third-order valence-corrected chi connectivity index (χ3v) is 5.37. The fraction of sp³-hybridized carbons (Fsp3) is 0.250. The molecule has 3 aromatic carbocycles. The van der Waals surface area contributed by atoms with E-state index >= 15 is 0 Å². The van der Waals surface area contributed by atoms with Gasteiger partial charge in [-0.15, -0.1) is 0 Å². The molecule has 142 valence electrons. The second-order valence-corrected chi connectivity index (χ2v) is 7.33. The van der Waals surface area contributed by atoms with Crippen molar-refractivity contribution < 1.29 is 9.59 Å². The molecule has 1 fully saturated rings. The zero-order valence-corrected chi connectivity index (χ0v) is 15.9. The summed E-state index contributed by atoms with van der Waals surface area (Å²) in [6, 6.07) is 23.4. The van der Waals surface area contributed by atoms with E-state index in [1.807, 2.05) is 66.7 Å². The molecule has 0 bridgehead atoms. The van der Waals surface area contributed by atoms with Gasteiger partial charge in [0.05, 0.1) is 13.1 Å². The summed E-state index contributed by atoms with van der Waals surface area (Å²) in [5.74, 6) is 0.306. The second-order valence-electron chi connectivity index (χ2n) is 7.33. The molecule has 4 heteroatoms. The van der Waals surface area contributed by atoms with Gasteiger partial charge in [-0.1, -0.05) is 66.7 Å². The highest BCUT2D eigenvalue weighted by molar-refractivity contribution is 6.01. The van der Waals surface area contributed by atoms with Gasteiger partial charge in [0.1, 0.15) is 0 Å². The standard InChI is InChI=1S/C24H24N2O2/c27-23(20-7-2-1-3-8-20)17-25-12-14-26(15-13-25)18-24(28)22-11-10-19-6-4-5-9-21(19)16-22/h1-11,16H,12-15,17-18H2. The van der Waals surface area contributed by atoms with Crippen LogP contribution in [0.2, 0.25) is 0 Å². The molecule has 4 nitrogen and oxygen atoms in total. The number of fused-ring (bicyclic) bond motifs is 1. The first kappa shape index (κ1) is 18.5. The first-order valence-corrected chi connectivity index (χ1v) is 9.74. The van der Waals surface area contributed by atoms with Gasteiger partial charge in [0, 0.05) is 37.3 Å². The van der Waals surface area contributed by atoms with Crippen LogP contribution in [0.3, 0.4) is 0 Å². The van der Waals surface area contributed by atoms with E-state index in [2.05, 4.69) is 15.9 Å². The van der Waals surface area contributed by atoms with Crippen LogP contribution >= 0.6 is 0 Å². The first-order chi connectivity index (χ1) is 13.7. The molecule has 1 saturated heterocycles. The van der Waals surface area contributed by atoms with E-state index in [9.17, 15) is 9.59 Å². The van der Waals surface area contributed by atoms with Crippen LogP contribution in [0.25, 0.3) is 10.8 Å². The van der Waals surface area contributed by atoms with Crippen LogP contribution in [-0.2, 0) is 0 Å². The lowest BCUT2D eigenvalue weighted by Gasteiger charge is -2.33. The molecular weight excluding hydrogens is 348 g/mol. The van der Waals surface area contributed by atoms with Crippen molar-refractivity contribution in [2.75, 3.05) is 39.3 Å². The minimum atomic E-state index is 0.152. The summed E-state index contributed by atoms with van der Waals surface area (Å²) in [5, 5.41) is 2.24. The Hall–Kier alpha value is -2.82. The molecule has 0 aliphatic carbocycles. The van der Waals surface area contributed by atoms with Crippen molar-refractivity contribution >= 4 is 22.3 Å². The highest BCUT2D eigenvalue weighted by atomic mass is 16.1. The maximum absolute atomic E-state index is 12.7. The normalized spacial score (nSPS) is 15.6. The molecule has 1 aliphatic rings. The number of Topliss-reactive ketones (excluding diaryl/α,β-unsaturated/α-hetero) is 2. The smallest absolute Gasteiger partial charge is 0.176 e. The molecule has 4 rings (SSSR count). The second kappa shape index (κ2) is 8.46. The Morgan fingerprint density at radius 1 is 0.607 bits per heavy atom. The summed E-state index contributed by atoms with van der Waals surface area (Å²) < 4.78 is 0. The van der Waals surface area contributed by atoms with Crippen molar-refractivity contribution in [2.45, 2.75) is 0 Å². The molecule has 0 atom stereocenters. The number of hydrogen-bond acceptors (Lipinski definition) is 4. The van der Waals surface area contributed by atoms with Gasteiger partial charge >= 0.3 is 0 Å². The van der Waals surface area contributed by atoms with Crippen molar-refractivity contribution in [3.63, 3.8) is 0 Å². The predicted octanol–water partition coefficient (Wildman–Crippen LogP) is 3.52. The summed E-state index contributed by atoms with van der Waals surface area (Å²) in [6.45, 7) is 4.10. The van der Waals surface area contributed by atoms with Gasteiger partial charge in [-0.2, -0.15) is 0 Å². The lowest BCUT2D eigenvalue weighted by atomic mass is 10.0. The molecule has 0 amide bonds. The van der Waals surface area contributed by atoms with Crippen LogP contribution in [0.15, 0.2) is 72.8 Å². The Bertz CT molecular complexity index is 976. The maximum Gasteiger partial charge on any atom is 0.176 e. The van der Waals surface area contributed by atoms with Gasteiger partial charge in [0.15, 0.2) is 11.6 Å². The van der Waals surface area contributed by atoms with E-state index in [0.717, 1.165) is 48.1 Å². The Morgan fingerprint density at radius 3 is 1.79 bits per heavy atom. The minimum absolute atomic E-state index is 0.152. The number of carbonyl (C=O) groups is 2. The van der Waals surface area contributed by atoms with Crippen molar-refractivity contribution in [2.24, 2.45) is 0 Å². The summed E-state index contributed by atoms with van der Waals surface area (Å²) >= 11 is 0.